The quantitative estimate of drug-likeness (QED) is 0.518. The maximum Gasteiger partial charge on any atom is 0.249 e. The van der Waals surface area contributed by atoms with Crippen molar-refractivity contribution in [2.24, 2.45) is 0 Å². The van der Waals surface area contributed by atoms with Gasteiger partial charge < -0.3 is 9.64 Å². The fourth-order valence-electron chi connectivity index (χ4n) is 4.07. The first-order valence-electron chi connectivity index (χ1n) is 9.92. The van der Waals surface area contributed by atoms with Crippen molar-refractivity contribution in [3.63, 3.8) is 0 Å². The van der Waals surface area contributed by atoms with E-state index in [0.29, 0.717) is 10.0 Å². The number of hydrogen-bond donors (Lipinski definition) is 0. The molecule has 0 bridgehead atoms. The van der Waals surface area contributed by atoms with Crippen molar-refractivity contribution in [1.29, 1.82) is 0 Å². The number of rotatable bonds is 6. The molecule has 4 atom stereocenters. The van der Waals surface area contributed by atoms with Gasteiger partial charge in [0.15, 0.2) is 5.12 Å². The molecule has 160 valence electrons. The van der Waals surface area contributed by atoms with Gasteiger partial charge >= 0.3 is 0 Å². The summed E-state index contributed by atoms with van der Waals surface area (Å²) >= 11 is 13.6. The van der Waals surface area contributed by atoms with E-state index in [0.717, 1.165) is 17.5 Å². The smallest absolute Gasteiger partial charge is 0.249 e. The largest absolute Gasteiger partial charge is 0.361 e. The molecule has 0 radical (unpaired) electrons. The molecule has 1 amide bonds. The Hall–Kier alpha value is -1.53. The second-order valence-corrected chi connectivity index (χ2v) is 9.80. The minimum atomic E-state index is -0.383. The van der Waals surface area contributed by atoms with Crippen LogP contribution in [0.15, 0.2) is 48.5 Å². The van der Waals surface area contributed by atoms with Gasteiger partial charge in [-0.25, -0.2) is 0 Å². The van der Waals surface area contributed by atoms with Crippen LogP contribution in [0.4, 0.5) is 0 Å². The van der Waals surface area contributed by atoms with Gasteiger partial charge in [-0.2, -0.15) is 0 Å². The van der Waals surface area contributed by atoms with Crippen molar-refractivity contribution < 1.29 is 14.3 Å². The number of amides is 1. The number of carbonyl (C=O) groups excluding carboxylic acids is 2. The number of halogens is 2. The van der Waals surface area contributed by atoms with Crippen LogP contribution in [0.1, 0.15) is 50.5 Å². The van der Waals surface area contributed by atoms with E-state index in [-0.39, 0.29) is 41.1 Å². The van der Waals surface area contributed by atoms with Gasteiger partial charge in [-0.05, 0) is 41.8 Å². The highest BCUT2D eigenvalue weighted by molar-refractivity contribution is 8.14. The third-order valence-electron chi connectivity index (χ3n) is 5.32. The number of hydrogen-bond acceptors (Lipinski definition) is 4. The molecule has 0 spiro atoms. The maximum absolute atomic E-state index is 13.1. The molecule has 0 N–H and O–H groups in total. The lowest BCUT2D eigenvalue weighted by Gasteiger charge is -2.46. The number of thioether (sulfide) groups is 1. The molecular formula is C23H25Cl2NO3S. The lowest BCUT2D eigenvalue weighted by molar-refractivity contribution is -0.163. The number of morpholine rings is 1. The van der Waals surface area contributed by atoms with Gasteiger partial charge in [0.2, 0.25) is 5.91 Å². The van der Waals surface area contributed by atoms with Gasteiger partial charge in [0.1, 0.15) is 12.7 Å². The standard InChI is InChI=1S/C23H25Cl2NO3S/c1-4-20(14(2)30-15(3)27)26-21(28)13-29-23(17-6-5-7-19(25)12-17)22(26)16-8-10-18(24)11-9-16/h5-12,14,20,22-23H,4,13H2,1-3H3. The SMILES string of the molecule is CCC(C(C)SC(C)=O)N1C(=O)COC(c2cccc(Cl)c2)C1c1ccc(Cl)cc1. The average molecular weight is 466 g/mol. The summed E-state index contributed by atoms with van der Waals surface area (Å²) in [5.74, 6) is -0.0870. The van der Waals surface area contributed by atoms with Crippen LogP contribution in [0.3, 0.4) is 0 Å². The molecular weight excluding hydrogens is 441 g/mol. The van der Waals surface area contributed by atoms with E-state index < -0.39 is 0 Å². The second kappa shape index (κ2) is 10.2. The highest BCUT2D eigenvalue weighted by atomic mass is 35.5. The molecule has 1 fully saturated rings. The summed E-state index contributed by atoms with van der Waals surface area (Å²) < 4.78 is 6.06. The summed E-state index contributed by atoms with van der Waals surface area (Å²) in [6, 6.07) is 14.5. The summed E-state index contributed by atoms with van der Waals surface area (Å²) in [5.41, 5.74) is 1.83. The van der Waals surface area contributed by atoms with Crippen molar-refractivity contribution in [3.05, 3.63) is 69.7 Å². The molecule has 2 aromatic rings. The normalized spacial score (nSPS) is 21.4. The third kappa shape index (κ3) is 5.20. The number of ether oxygens (including phenoxy) is 1. The van der Waals surface area contributed by atoms with Crippen molar-refractivity contribution in [3.8, 4) is 0 Å². The summed E-state index contributed by atoms with van der Waals surface area (Å²) in [5, 5.41) is 1.22. The van der Waals surface area contributed by atoms with Gasteiger partial charge in [-0.1, -0.05) is 73.1 Å². The Balaban J connectivity index is 2.09. The first kappa shape index (κ1) is 23.1. The third-order valence-corrected chi connectivity index (χ3v) is 6.82. The number of carbonyl (C=O) groups is 2. The van der Waals surface area contributed by atoms with Crippen molar-refractivity contribution >= 4 is 46.0 Å². The minimum Gasteiger partial charge on any atom is -0.361 e. The molecule has 1 saturated heterocycles. The molecule has 3 rings (SSSR count). The van der Waals surface area contributed by atoms with Crippen LogP contribution in [0, 0.1) is 0 Å². The maximum atomic E-state index is 13.1. The molecule has 30 heavy (non-hydrogen) atoms. The topological polar surface area (TPSA) is 46.6 Å². The van der Waals surface area contributed by atoms with Crippen LogP contribution in [-0.4, -0.2) is 33.8 Å². The Kier molecular flexibility index (Phi) is 7.86. The van der Waals surface area contributed by atoms with E-state index in [1.165, 1.54) is 11.8 Å². The number of nitrogens with zero attached hydrogens (tertiary/aromatic N) is 1. The van der Waals surface area contributed by atoms with Gasteiger partial charge in [0.25, 0.3) is 0 Å². The molecule has 0 aliphatic carbocycles. The van der Waals surface area contributed by atoms with Crippen LogP contribution < -0.4 is 0 Å². The first-order valence-corrected chi connectivity index (χ1v) is 11.6. The summed E-state index contributed by atoms with van der Waals surface area (Å²) in [7, 11) is 0. The summed E-state index contributed by atoms with van der Waals surface area (Å²) in [6.45, 7) is 5.57. The molecule has 7 heteroatoms. The first-order chi connectivity index (χ1) is 14.3. The molecule has 4 nitrogen and oxygen atoms in total. The Morgan fingerprint density at radius 3 is 2.47 bits per heavy atom. The van der Waals surface area contributed by atoms with E-state index in [9.17, 15) is 9.59 Å². The predicted molar refractivity (Wildman–Crippen MR) is 123 cm³/mol. The van der Waals surface area contributed by atoms with Gasteiger partial charge in [0.05, 0.1) is 6.04 Å². The zero-order valence-corrected chi connectivity index (χ0v) is 19.5. The van der Waals surface area contributed by atoms with Gasteiger partial charge in [0, 0.05) is 28.3 Å². The monoisotopic (exact) mass is 465 g/mol. The highest BCUT2D eigenvalue weighted by Gasteiger charge is 2.43. The van der Waals surface area contributed by atoms with E-state index in [2.05, 4.69) is 0 Å². The highest BCUT2D eigenvalue weighted by Crippen LogP contribution is 2.43. The van der Waals surface area contributed by atoms with Gasteiger partial charge in [-0.15, -0.1) is 0 Å². The van der Waals surface area contributed by atoms with Crippen LogP contribution in [0.2, 0.25) is 10.0 Å². The molecule has 1 aliphatic rings. The van der Waals surface area contributed by atoms with Gasteiger partial charge in [-0.3, -0.25) is 9.59 Å². The summed E-state index contributed by atoms with van der Waals surface area (Å²) in [4.78, 5) is 26.8. The fourth-order valence-corrected chi connectivity index (χ4v) is 5.40. The Bertz CT molecular complexity index is 906. The zero-order chi connectivity index (χ0) is 21.8. The molecule has 4 unspecified atom stereocenters. The molecule has 1 heterocycles. The molecule has 1 aliphatic heterocycles. The van der Waals surface area contributed by atoms with Crippen molar-refractivity contribution in [1.82, 2.24) is 4.90 Å². The second-order valence-electron chi connectivity index (χ2n) is 7.37. The Labute approximate surface area is 191 Å². The Morgan fingerprint density at radius 2 is 1.87 bits per heavy atom. The van der Waals surface area contributed by atoms with E-state index >= 15 is 0 Å². The lowest BCUT2D eigenvalue weighted by atomic mass is 9.90. The Morgan fingerprint density at radius 1 is 1.17 bits per heavy atom. The van der Waals surface area contributed by atoms with E-state index in [4.69, 9.17) is 27.9 Å². The lowest BCUT2D eigenvalue weighted by Crippen LogP contribution is -2.53. The van der Waals surface area contributed by atoms with Crippen LogP contribution in [0.5, 0.6) is 0 Å². The summed E-state index contributed by atoms with van der Waals surface area (Å²) in [6.07, 6.45) is 0.339. The van der Waals surface area contributed by atoms with Crippen LogP contribution >= 0.6 is 35.0 Å². The minimum absolute atomic E-state index is 0.0186. The predicted octanol–water partition coefficient (Wildman–Crippen LogP) is 6.08. The molecule has 0 aromatic heterocycles. The van der Waals surface area contributed by atoms with Crippen molar-refractivity contribution in [2.75, 3.05) is 6.61 Å². The van der Waals surface area contributed by atoms with Crippen LogP contribution in [-0.2, 0) is 14.3 Å². The molecule has 0 saturated carbocycles. The number of benzene rings is 2. The van der Waals surface area contributed by atoms with E-state index in [1.54, 1.807) is 6.92 Å². The van der Waals surface area contributed by atoms with E-state index in [1.807, 2.05) is 67.3 Å². The average Bonchev–Trinajstić information content (AvgIpc) is 2.70. The zero-order valence-electron chi connectivity index (χ0n) is 17.2. The fraction of sp³-hybridized carbons (Fsp3) is 0.391. The van der Waals surface area contributed by atoms with Crippen LogP contribution in [0.25, 0.3) is 0 Å². The van der Waals surface area contributed by atoms with Crippen molar-refractivity contribution in [2.45, 2.75) is 50.6 Å². The molecule has 2 aromatic carbocycles.